The molecule has 17 heavy (non-hydrogen) atoms. The van der Waals surface area contributed by atoms with Crippen LogP contribution in [0.1, 0.15) is 24.1 Å². The predicted molar refractivity (Wildman–Crippen MR) is 72.1 cm³/mol. The van der Waals surface area contributed by atoms with Crippen LogP contribution >= 0.6 is 0 Å². The Hall–Kier alpha value is -0.900. The first-order chi connectivity index (χ1) is 8.11. The van der Waals surface area contributed by atoms with Crippen molar-refractivity contribution in [2.45, 2.75) is 25.9 Å². The third-order valence-corrected chi connectivity index (χ3v) is 3.37. The molecule has 2 N–H and O–H groups in total. The van der Waals surface area contributed by atoms with Gasteiger partial charge < -0.3 is 10.5 Å². The van der Waals surface area contributed by atoms with Crippen molar-refractivity contribution in [3.63, 3.8) is 0 Å². The van der Waals surface area contributed by atoms with E-state index in [9.17, 15) is 0 Å². The topological polar surface area (TPSA) is 38.5 Å². The van der Waals surface area contributed by atoms with Crippen LogP contribution in [0.4, 0.5) is 0 Å². The molecule has 0 bridgehead atoms. The lowest BCUT2D eigenvalue weighted by Crippen LogP contribution is -2.39. The van der Waals surface area contributed by atoms with Crippen molar-refractivity contribution < 1.29 is 4.74 Å². The summed E-state index contributed by atoms with van der Waals surface area (Å²) in [5, 5.41) is 0. The highest BCUT2D eigenvalue weighted by molar-refractivity contribution is 5.29. The summed E-state index contributed by atoms with van der Waals surface area (Å²) in [5.74, 6) is 0. The molecule has 96 valence electrons. The largest absolute Gasteiger partial charge is 0.383 e. The van der Waals surface area contributed by atoms with E-state index < -0.39 is 0 Å². The maximum atomic E-state index is 5.93. The maximum Gasteiger partial charge on any atom is 0.0615 e. The van der Waals surface area contributed by atoms with Gasteiger partial charge in [0.15, 0.2) is 0 Å². The van der Waals surface area contributed by atoms with Crippen LogP contribution in [-0.4, -0.2) is 38.3 Å². The average Bonchev–Trinajstić information content (AvgIpc) is 2.32. The van der Waals surface area contributed by atoms with E-state index in [-0.39, 0.29) is 6.04 Å². The molecule has 0 aliphatic rings. The summed E-state index contributed by atoms with van der Waals surface area (Å²) in [4.78, 5) is 2.28. The van der Waals surface area contributed by atoms with Gasteiger partial charge in [-0.05, 0) is 32.0 Å². The molecule has 3 nitrogen and oxygen atoms in total. The molecule has 1 rings (SSSR count). The zero-order chi connectivity index (χ0) is 12.8. The summed E-state index contributed by atoms with van der Waals surface area (Å²) in [6.45, 7) is 5.63. The van der Waals surface area contributed by atoms with E-state index in [0.29, 0.717) is 12.6 Å². The highest BCUT2D eigenvalue weighted by Gasteiger charge is 2.21. The summed E-state index contributed by atoms with van der Waals surface area (Å²) in [5.41, 5.74) is 8.52. The zero-order valence-electron chi connectivity index (χ0n) is 11.3. The highest BCUT2D eigenvalue weighted by atomic mass is 16.5. The Morgan fingerprint density at radius 2 is 2.00 bits per heavy atom. The van der Waals surface area contributed by atoms with Crippen LogP contribution < -0.4 is 5.73 Å². The molecule has 2 unspecified atom stereocenters. The molecule has 0 heterocycles. The molecule has 1 aromatic rings. The Morgan fingerprint density at radius 1 is 1.35 bits per heavy atom. The van der Waals surface area contributed by atoms with Gasteiger partial charge in [-0.15, -0.1) is 0 Å². The summed E-state index contributed by atoms with van der Waals surface area (Å²) in [6.07, 6.45) is 0. The van der Waals surface area contributed by atoms with Crippen LogP contribution in [0.25, 0.3) is 0 Å². The van der Waals surface area contributed by atoms with E-state index in [2.05, 4.69) is 50.1 Å². The van der Waals surface area contributed by atoms with Gasteiger partial charge in [-0.1, -0.05) is 24.3 Å². The summed E-state index contributed by atoms with van der Waals surface area (Å²) in [7, 11) is 3.84. The molecule has 1 aromatic carbocycles. The van der Waals surface area contributed by atoms with Crippen molar-refractivity contribution in [2.24, 2.45) is 5.73 Å². The Labute approximate surface area is 105 Å². The minimum Gasteiger partial charge on any atom is -0.383 e. The summed E-state index contributed by atoms with van der Waals surface area (Å²) in [6, 6.07) is 9.02. The van der Waals surface area contributed by atoms with Gasteiger partial charge in [-0.3, -0.25) is 4.90 Å². The minimum atomic E-state index is 0.251. The quantitative estimate of drug-likeness (QED) is 0.820. The minimum absolute atomic E-state index is 0.251. The number of nitrogens with zero attached hydrogens (tertiary/aromatic N) is 1. The first-order valence-electron chi connectivity index (χ1n) is 6.08. The van der Waals surface area contributed by atoms with E-state index in [1.165, 1.54) is 11.1 Å². The van der Waals surface area contributed by atoms with Crippen molar-refractivity contribution in [3.05, 3.63) is 35.4 Å². The second-order valence-corrected chi connectivity index (χ2v) is 4.58. The molecule has 3 heteroatoms. The van der Waals surface area contributed by atoms with Gasteiger partial charge in [-0.25, -0.2) is 0 Å². The van der Waals surface area contributed by atoms with Gasteiger partial charge in [0, 0.05) is 25.7 Å². The normalized spacial score (nSPS) is 14.9. The van der Waals surface area contributed by atoms with Crippen molar-refractivity contribution in [2.75, 3.05) is 27.3 Å². The van der Waals surface area contributed by atoms with Gasteiger partial charge in [0.1, 0.15) is 0 Å². The van der Waals surface area contributed by atoms with Gasteiger partial charge in [-0.2, -0.15) is 0 Å². The smallest absolute Gasteiger partial charge is 0.0615 e. The lowest BCUT2D eigenvalue weighted by molar-refractivity contribution is 0.0909. The fraction of sp³-hybridized carbons (Fsp3) is 0.571. The SMILES string of the molecule is COCC(C)N(C)C(CN)c1ccccc1C. The summed E-state index contributed by atoms with van der Waals surface area (Å²) < 4.78 is 5.20. The summed E-state index contributed by atoms with van der Waals surface area (Å²) >= 11 is 0. The molecule has 0 aromatic heterocycles. The Balaban J connectivity index is 2.88. The van der Waals surface area contributed by atoms with Gasteiger partial charge in [0.05, 0.1) is 6.61 Å². The lowest BCUT2D eigenvalue weighted by atomic mass is 9.99. The maximum absolute atomic E-state index is 5.93. The first kappa shape index (κ1) is 14.2. The van der Waals surface area contributed by atoms with E-state index in [1.54, 1.807) is 7.11 Å². The second kappa shape index (κ2) is 6.74. The zero-order valence-corrected chi connectivity index (χ0v) is 11.3. The molecule has 0 fully saturated rings. The van der Waals surface area contributed by atoms with Crippen LogP contribution in [0, 0.1) is 6.92 Å². The molecule has 2 atom stereocenters. The molecule has 0 aliphatic carbocycles. The Kier molecular flexibility index (Phi) is 5.62. The Bertz CT molecular complexity index is 341. The van der Waals surface area contributed by atoms with Crippen molar-refractivity contribution >= 4 is 0 Å². The standard InChI is InChI=1S/C14H24N2O/c1-11-7-5-6-8-13(11)14(9-15)16(3)12(2)10-17-4/h5-8,12,14H,9-10,15H2,1-4H3. The molecular weight excluding hydrogens is 212 g/mol. The monoisotopic (exact) mass is 236 g/mol. The highest BCUT2D eigenvalue weighted by Crippen LogP contribution is 2.23. The molecule has 0 radical (unpaired) electrons. The fourth-order valence-electron chi connectivity index (χ4n) is 2.14. The van der Waals surface area contributed by atoms with E-state index >= 15 is 0 Å². The number of hydrogen-bond acceptors (Lipinski definition) is 3. The van der Waals surface area contributed by atoms with E-state index in [0.717, 1.165) is 6.61 Å². The number of ether oxygens (including phenoxy) is 1. The average molecular weight is 236 g/mol. The number of hydrogen-bond donors (Lipinski definition) is 1. The van der Waals surface area contributed by atoms with Crippen LogP contribution in [0.2, 0.25) is 0 Å². The van der Waals surface area contributed by atoms with Gasteiger partial charge in [0.25, 0.3) is 0 Å². The number of rotatable bonds is 6. The van der Waals surface area contributed by atoms with Crippen LogP contribution in [0.5, 0.6) is 0 Å². The molecular formula is C14H24N2O. The third kappa shape index (κ3) is 3.53. The Morgan fingerprint density at radius 3 is 2.53 bits per heavy atom. The van der Waals surface area contributed by atoms with Crippen molar-refractivity contribution in [1.82, 2.24) is 4.90 Å². The van der Waals surface area contributed by atoms with Crippen LogP contribution in [0.3, 0.4) is 0 Å². The van der Waals surface area contributed by atoms with Crippen molar-refractivity contribution in [1.29, 1.82) is 0 Å². The molecule has 0 aliphatic heterocycles. The molecule has 0 amide bonds. The molecule has 0 saturated carbocycles. The van der Waals surface area contributed by atoms with Gasteiger partial charge >= 0.3 is 0 Å². The number of nitrogens with two attached hydrogens (primary N) is 1. The number of benzene rings is 1. The number of methoxy groups -OCH3 is 1. The van der Waals surface area contributed by atoms with Gasteiger partial charge in [0.2, 0.25) is 0 Å². The second-order valence-electron chi connectivity index (χ2n) is 4.58. The third-order valence-electron chi connectivity index (χ3n) is 3.37. The van der Waals surface area contributed by atoms with Crippen LogP contribution in [-0.2, 0) is 4.74 Å². The van der Waals surface area contributed by atoms with Crippen molar-refractivity contribution in [3.8, 4) is 0 Å². The first-order valence-corrected chi connectivity index (χ1v) is 6.08. The molecule has 0 spiro atoms. The predicted octanol–water partition coefficient (Wildman–Crippen LogP) is 1.96. The van der Waals surface area contributed by atoms with E-state index in [1.807, 2.05) is 0 Å². The lowest BCUT2D eigenvalue weighted by Gasteiger charge is -2.33. The number of aryl methyl sites for hydroxylation is 1. The fourth-order valence-corrected chi connectivity index (χ4v) is 2.14. The molecule has 0 saturated heterocycles. The van der Waals surface area contributed by atoms with Crippen LogP contribution in [0.15, 0.2) is 24.3 Å². The number of likely N-dealkylation sites (N-methyl/N-ethyl adjacent to an activating group) is 1. The van der Waals surface area contributed by atoms with E-state index in [4.69, 9.17) is 10.5 Å².